The molecule has 1 atom stereocenters. The highest BCUT2D eigenvalue weighted by Gasteiger charge is 2.28. The fraction of sp³-hybridized carbons (Fsp3) is 0.571. The maximum absolute atomic E-state index is 11.2. The van der Waals surface area contributed by atoms with Crippen molar-refractivity contribution in [1.29, 1.82) is 0 Å². The van der Waals surface area contributed by atoms with Crippen LogP contribution in [0.2, 0.25) is 0 Å². The Morgan fingerprint density at radius 1 is 1.50 bits per heavy atom. The molecule has 12 heavy (non-hydrogen) atoms. The molecule has 64 valence electrons. The normalized spacial score (nSPS) is 22.4. The predicted molar refractivity (Wildman–Crippen MR) is 37.5 cm³/mol. The van der Waals surface area contributed by atoms with Crippen molar-refractivity contribution in [3.63, 3.8) is 0 Å². The monoisotopic (exact) mass is 168 g/mol. The van der Waals surface area contributed by atoms with Gasteiger partial charge in [0.15, 0.2) is 11.5 Å². The van der Waals surface area contributed by atoms with Gasteiger partial charge < -0.3 is 5.11 Å². The molecule has 0 spiro atoms. The lowest BCUT2D eigenvalue weighted by molar-refractivity contribution is 0.0911. The van der Waals surface area contributed by atoms with Crippen molar-refractivity contribution in [2.45, 2.75) is 12.8 Å². The summed E-state index contributed by atoms with van der Waals surface area (Å²) < 4.78 is 4.43. The zero-order valence-corrected chi connectivity index (χ0v) is 6.36. The van der Waals surface area contributed by atoms with Crippen molar-refractivity contribution in [3.05, 3.63) is 11.4 Å². The number of aliphatic hydroxyl groups is 1. The summed E-state index contributed by atoms with van der Waals surface area (Å²) in [6.45, 7) is 0.0119. The molecule has 1 aromatic heterocycles. The van der Waals surface area contributed by atoms with Crippen LogP contribution in [-0.2, 0) is 6.42 Å². The molecule has 0 aromatic carbocycles. The van der Waals surface area contributed by atoms with Crippen LogP contribution in [0.5, 0.6) is 0 Å². The molecule has 5 heteroatoms. The van der Waals surface area contributed by atoms with Crippen LogP contribution < -0.4 is 0 Å². The van der Waals surface area contributed by atoms with Crippen LogP contribution in [0.15, 0.2) is 4.63 Å². The third-order valence-electron chi connectivity index (χ3n) is 2.03. The summed E-state index contributed by atoms with van der Waals surface area (Å²) in [7, 11) is 0. The molecule has 0 saturated carbocycles. The summed E-state index contributed by atoms with van der Waals surface area (Å²) >= 11 is 0. The van der Waals surface area contributed by atoms with Gasteiger partial charge in [-0.3, -0.25) is 4.79 Å². The lowest BCUT2D eigenvalue weighted by atomic mass is 9.90. The number of aromatic nitrogens is 2. The number of hydrogen-bond acceptors (Lipinski definition) is 5. The van der Waals surface area contributed by atoms with Crippen molar-refractivity contribution >= 4 is 5.78 Å². The third kappa shape index (κ3) is 1.02. The SMILES string of the molecule is O=C1CC(CO)Cc2nonc21. The molecule has 1 aromatic rings. The molecular weight excluding hydrogens is 160 g/mol. The second-order valence-corrected chi connectivity index (χ2v) is 2.94. The van der Waals surface area contributed by atoms with Gasteiger partial charge in [0.1, 0.15) is 5.69 Å². The van der Waals surface area contributed by atoms with Crippen LogP contribution in [0.1, 0.15) is 22.6 Å². The molecule has 1 aliphatic rings. The highest BCUT2D eigenvalue weighted by molar-refractivity contribution is 5.96. The Hall–Kier alpha value is -1.23. The number of carbonyl (C=O) groups excluding carboxylic acids is 1. The number of aliphatic hydroxyl groups excluding tert-OH is 1. The fourth-order valence-corrected chi connectivity index (χ4v) is 1.39. The van der Waals surface area contributed by atoms with Gasteiger partial charge in [-0.1, -0.05) is 5.16 Å². The summed E-state index contributed by atoms with van der Waals surface area (Å²) in [5.41, 5.74) is 0.907. The standard InChI is InChI=1S/C7H8N2O3/c10-3-4-1-5-7(6(11)2-4)9-12-8-5/h4,10H,1-3H2. The number of nitrogens with zero attached hydrogens (tertiary/aromatic N) is 2. The van der Waals surface area contributed by atoms with Crippen LogP contribution in [0, 0.1) is 5.92 Å². The molecule has 1 unspecified atom stereocenters. The van der Waals surface area contributed by atoms with Crippen molar-refractivity contribution in [1.82, 2.24) is 10.3 Å². The Morgan fingerprint density at radius 3 is 3.08 bits per heavy atom. The van der Waals surface area contributed by atoms with Gasteiger partial charge in [0, 0.05) is 19.4 Å². The minimum absolute atomic E-state index is 0.0119. The minimum atomic E-state index is -0.0865. The van der Waals surface area contributed by atoms with E-state index in [2.05, 4.69) is 14.9 Å². The Kier molecular flexibility index (Phi) is 1.65. The van der Waals surface area contributed by atoms with Crippen molar-refractivity contribution in [2.75, 3.05) is 6.61 Å². The Labute approximate surface area is 68.3 Å². The van der Waals surface area contributed by atoms with Crippen molar-refractivity contribution < 1.29 is 14.5 Å². The van der Waals surface area contributed by atoms with Gasteiger partial charge in [-0.2, -0.15) is 0 Å². The van der Waals surface area contributed by atoms with Crippen molar-refractivity contribution in [3.8, 4) is 0 Å². The smallest absolute Gasteiger partial charge is 0.187 e. The molecule has 0 radical (unpaired) electrons. The van der Waals surface area contributed by atoms with Crippen LogP contribution in [0.25, 0.3) is 0 Å². The van der Waals surface area contributed by atoms with Crippen LogP contribution in [-0.4, -0.2) is 27.8 Å². The summed E-state index contributed by atoms with van der Waals surface area (Å²) in [4.78, 5) is 11.2. The number of Topliss-reactive ketones (excluding diaryl/α,β-unsaturated/α-hetero) is 1. The first kappa shape index (κ1) is 7.42. The van der Waals surface area contributed by atoms with Crippen molar-refractivity contribution in [2.24, 2.45) is 5.92 Å². The Morgan fingerprint density at radius 2 is 2.33 bits per heavy atom. The van der Waals surface area contributed by atoms with E-state index in [4.69, 9.17) is 5.11 Å². The van der Waals surface area contributed by atoms with E-state index in [0.29, 0.717) is 24.2 Å². The van der Waals surface area contributed by atoms with Gasteiger partial charge in [-0.25, -0.2) is 4.63 Å². The molecular formula is C7H8N2O3. The first-order chi connectivity index (χ1) is 5.81. The molecule has 0 saturated heterocycles. The summed E-state index contributed by atoms with van der Waals surface area (Å²) in [6, 6.07) is 0. The molecule has 1 N–H and O–H groups in total. The van der Waals surface area contributed by atoms with Gasteiger partial charge >= 0.3 is 0 Å². The van der Waals surface area contributed by atoms with E-state index in [0.717, 1.165) is 0 Å². The molecule has 1 heterocycles. The molecule has 0 amide bonds. The second-order valence-electron chi connectivity index (χ2n) is 2.94. The Bertz CT molecular complexity index is 307. The molecule has 2 rings (SSSR count). The lowest BCUT2D eigenvalue weighted by Crippen LogP contribution is -2.22. The maximum Gasteiger partial charge on any atom is 0.187 e. The first-order valence-corrected chi connectivity index (χ1v) is 3.76. The molecule has 0 fully saturated rings. The zero-order valence-electron chi connectivity index (χ0n) is 6.36. The number of carbonyl (C=O) groups is 1. The lowest BCUT2D eigenvalue weighted by Gasteiger charge is -2.15. The van der Waals surface area contributed by atoms with E-state index in [1.54, 1.807) is 0 Å². The average molecular weight is 168 g/mol. The highest BCUT2D eigenvalue weighted by atomic mass is 16.6. The van der Waals surface area contributed by atoms with Crippen LogP contribution in [0.3, 0.4) is 0 Å². The van der Waals surface area contributed by atoms with E-state index in [1.807, 2.05) is 0 Å². The van der Waals surface area contributed by atoms with Gasteiger partial charge in [0.2, 0.25) is 0 Å². The van der Waals surface area contributed by atoms with E-state index in [-0.39, 0.29) is 18.3 Å². The Balaban J connectivity index is 2.32. The predicted octanol–water partition coefficient (Wildman–Crippen LogP) is -0.193. The largest absolute Gasteiger partial charge is 0.396 e. The third-order valence-corrected chi connectivity index (χ3v) is 2.03. The average Bonchev–Trinajstić information content (AvgIpc) is 2.52. The second kappa shape index (κ2) is 2.67. The van der Waals surface area contributed by atoms with Gasteiger partial charge in [0.25, 0.3) is 0 Å². The van der Waals surface area contributed by atoms with Gasteiger partial charge in [0.05, 0.1) is 0 Å². The molecule has 0 aliphatic heterocycles. The van der Waals surface area contributed by atoms with Crippen LogP contribution >= 0.6 is 0 Å². The summed E-state index contributed by atoms with van der Waals surface area (Å²) in [6.07, 6.45) is 0.929. The maximum atomic E-state index is 11.2. The first-order valence-electron chi connectivity index (χ1n) is 3.76. The van der Waals surface area contributed by atoms with Gasteiger partial charge in [-0.05, 0) is 11.1 Å². The summed E-state index contributed by atoms with van der Waals surface area (Å²) in [5.74, 6) is -0.103. The number of hydrogen-bond donors (Lipinski definition) is 1. The zero-order chi connectivity index (χ0) is 8.55. The number of rotatable bonds is 1. The van der Waals surface area contributed by atoms with E-state index >= 15 is 0 Å². The topological polar surface area (TPSA) is 76.2 Å². The van der Waals surface area contributed by atoms with E-state index in [9.17, 15) is 4.79 Å². The quantitative estimate of drug-likeness (QED) is 0.628. The number of ketones is 1. The van der Waals surface area contributed by atoms with E-state index in [1.165, 1.54) is 0 Å². The van der Waals surface area contributed by atoms with E-state index < -0.39 is 0 Å². The fourth-order valence-electron chi connectivity index (χ4n) is 1.39. The van der Waals surface area contributed by atoms with Crippen LogP contribution in [0.4, 0.5) is 0 Å². The van der Waals surface area contributed by atoms with Gasteiger partial charge in [-0.15, -0.1) is 0 Å². The molecule has 5 nitrogen and oxygen atoms in total. The number of fused-ring (bicyclic) bond motifs is 1. The molecule has 1 aliphatic carbocycles. The highest BCUT2D eigenvalue weighted by Crippen LogP contribution is 2.21. The summed E-state index contributed by atoms with van der Waals surface area (Å²) in [5, 5.41) is 15.9. The minimum Gasteiger partial charge on any atom is -0.396 e. The molecule has 0 bridgehead atoms.